The van der Waals surface area contributed by atoms with Crippen LogP contribution < -0.4 is 5.32 Å². The maximum atomic E-state index is 13.2. The SMILES string of the molecule is C[C@@H](NC1CSCC(C)(C)C1)c1cccc(F)c1. The molecule has 100 valence electrons. The molecule has 0 amide bonds. The van der Waals surface area contributed by atoms with Gasteiger partial charge < -0.3 is 5.32 Å². The summed E-state index contributed by atoms with van der Waals surface area (Å²) in [6, 6.07) is 7.62. The third-order valence-electron chi connectivity index (χ3n) is 3.45. The number of hydrogen-bond acceptors (Lipinski definition) is 2. The van der Waals surface area contributed by atoms with Gasteiger partial charge in [0, 0.05) is 17.8 Å². The van der Waals surface area contributed by atoms with Gasteiger partial charge in [-0.3, -0.25) is 0 Å². The highest BCUT2D eigenvalue weighted by molar-refractivity contribution is 7.99. The Kier molecular flexibility index (Phi) is 4.33. The second-order valence-corrected chi connectivity index (χ2v) is 7.05. The molecular weight excluding hydrogens is 245 g/mol. The van der Waals surface area contributed by atoms with Crippen molar-refractivity contribution in [1.29, 1.82) is 0 Å². The monoisotopic (exact) mass is 267 g/mol. The van der Waals surface area contributed by atoms with E-state index in [1.54, 1.807) is 12.1 Å². The maximum absolute atomic E-state index is 13.2. The molecule has 0 radical (unpaired) electrons. The van der Waals surface area contributed by atoms with Crippen molar-refractivity contribution in [2.75, 3.05) is 11.5 Å². The normalized spacial score (nSPS) is 24.8. The summed E-state index contributed by atoms with van der Waals surface area (Å²) in [5.74, 6) is 2.24. The number of thioether (sulfide) groups is 1. The highest BCUT2D eigenvalue weighted by Crippen LogP contribution is 2.34. The minimum atomic E-state index is -0.153. The average molecular weight is 267 g/mol. The zero-order valence-corrected chi connectivity index (χ0v) is 12.2. The van der Waals surface area contributed by atoms with Crippen molar-refractivity contribution in [3.63, 3.8) is 0 Å². The summed E-state index contributed by atoms with van der Waals surface area (Å²) in [6.45, 7) is 6.75. The third kappa shape index (κ3) is 3.72. The molecular formula is C15H22FNS. The molecule has 0 spiro atoms. The van der Waals surface area contributed by atoms with Crippen LogP contribution in [-0.4, -0.2) is 17.5 Å². The molecule has 1 heterocycles. The molecule has 1 aliphatic rings. The topological polar surface area (TPSA) is 12.0 Å². The summed E-state index contributed by atoms with van der Waals surface area (Å²) in [5.41, 5.74) is 1.44. The van der Waals surface area contributed by atoms with Crippen LogP contribution in [-0.2, 0) is 0 Å². The van der Waals surface area contributed by atoms with Crippen LogP contribution in [0.15, 0.2) is 24.3 Å². The van der Waals surface area contributed by atoms with Crippen LogP contribution in [0, 0.1) is 11.2 Å². The van der Waals surface area contributed by atoms with Gasteiger partial charge in [0.25, 0.3) is 0 Å². The first kappa shape index (κ1) is 13.9. The lowest BCUT2D eigenvalue weighted by Gasteiger charge is -2.36. The molecule has 2 rings (SSSR count). The number of rotatable bonds is 3. The summed E-state index contributed by atoms with van der Waals surface area (Å²) in [7, 11) is 0. The van der Waals surface area contributed by atoms with Crippen molar-refractivity contribution in [3.8, 4) is 0 Å². The average Bonchev–Trinajstić information content (AvgIpc) is 2.27. The molecule has 0 saturated carbocycles. The quantitative estimate of drug-likeness (QED) is 0.888. The molecule has 2 atom stereocenters. The number of benzene rings is 1. The molecule has 1 saturated heterocycles. The van der Waals surface area contributed by atoms with Gasteiger partial charge in [0.1, 0.15) is 5.82 Å². The smallest absolute Gasteiger partial charge is 0.123 e. The molecule has 1 aromatic carbocycles. The minimum Gasteiger partial charge on any atom is -0.307 e. The highest BCUT2D eigenvalue weighted by atomic mass is 32.2. The van der Waals surface area contributed by atoms with Crippen LogP contribution in [0.5, 0.6) is 0 Å². The highest BCUT2D eigenvalue weighted by Gasteiger charge is 2.29. The molecule has 1 N–H and O–H groups in total. The lowest BCUT2D eigenvalue weighted by atomic mass is 9.87. The van der Waals surface area contributed by atoms with E-state index in [-0.39, 0.29) is 11.9 Å². The van der Waals surface area contributed by atoms with E-state index in [0.717, 1.165) is 11.3 Å². The Balaban J connectivity index is 1.97. The molecule has 1 aromatic rings. The summed E-state index contributed by atoms with van der Waals surface area (Å²) >= 11 is 2.01. The molecule has 0 bridgehead atoms. The molecule has 1 aliphatic heterocycles. The lowest BCUT2D eigenvalue weighted by molar-refractivity contribution is 0.305. The first-order chi connectivity index (χ1) is 8.46. The predicted octanol–water partition coefficient (Wildman–Crippen LogP) is 4.01. The van der Waals surface area contributed by atoms with Gasteiger partial charge in [0.05, 0.1) is 0 Å². The lowest BCUT2D eigenvalue weighted by Crippen LogP contribution is -2.41. The van der Waals surface area contributed by atoms with Gasteiger partial charge in [-0.2, -0.15) is 11.8 Å². The van der Waals surface area contributed by atoms with Crippen LogP contribution in [0.3, 0.4) is 0 Å². The van der Waals surface area contributed by atoms with Gasteiger partial charge in [0.2, 0.25) is 0 Å². The van der Waals surface area contributed by atoms with Gasteiger partial charge in [-0.05, 0) is 42.2 Å². The first-order valence-corrected chi connectivity index (χ1v) is 7.71. The summed E-state index contributed by atoms with van der Waals surface area (Å²) in [5, 5.41) is 3.63. The largest absolute Gasteiger partial charge is 0.307 e. The van der Waals surface area contributed by atoms with E-state index in [1.165, 1.54) is 18.2 Å². The van der Waals surface area contributed by atoms with Crippen LogP contribution in [0.1, 0.15) is 38.8 Å². The Morgan fingerprint density at radius 3 is 2.89 bits per heavy atom. The molecule has 1 nitrogen and oxygen atoms in total. The van der Waals surface area contributed by atoms with Crippen LogP contribution in [0.4, 0.5) is 4.39 Å². The molecule has 0 aliphatic carbocycles. The third-order valence-corrected chi connectivity index (χ3v) is 5.07. The Morgan fingerprint density at radius 2 is 2.22 bits per heavy atom. The standard InChI is InChI=1S/C15H22FNS/c1-11(12-5-4-6-13(16)7-12)17-14-8-15(2,3)10-18-9-14/h4-7,11,14,17H,8-10H2,1-3H3/t11-,14?/m1/s1. The Labute approximate surface area is 114 Å². The second-order valence-electron chi connectivity index (χ2n) is 6.02. The fourth-order valence-electron chi connectivity index (χ4n) is 2.60. The fraction of sp³-hybridized carbons (Fsp3) is 0.600. The van der Waals surface area contributed by atoms with Crippen molar-refractivity contribution in [2.45, 2.75) is 39.3 Å². The van der Waals surface area contributed by atoms with E-state index in [1.807, 2.05) is 17.8 Å². The van der Waals surface area contributed by atoms with Crippen molar-refractivity contribution in [3.05, 3.63) is 35.6 Å². The van der Waals surface area contributed by atoms with E-state index in [0.29, 0.717) is 11.5 Å². The van der Waals surface area contributed by atoms with Gasteiger partial charge in [-0.25, -0.2) is 4.39 Å². The molecule has 0 aromatic heterocycles. The molecule has 3 heteroatoms. The maximum Gasteiger partial charge on any atom is 0.123 e. The number of hydrogen-bond donors (Lipinski definition) is 1. The predicted molar refractivity (Wildman–Crippen MR) is 77.5 cm³/mol. The Bertz CT molecular complexity index is 405. The Morgan fingerprint density at radius 1 is 1.44 bits per heavy atom. The van der Waals surface area contributed by atoms with Crippen LogP contribution in [0.2, 0.25) is 0 Å². The van der Waals surface area contributed by atoms with Gasteiger partial charge >= 0.3 is 0 Å². The summed E-state index contributed by atoms with van der Waals surface area (Å²) < 4.78 is 13.2. The van der Waals surface area contributed by atoms with E-state index in [4.69, 9.17) is 0 Å². The second kappa shape index (κ2) is 5.62. The molecule has 1 unspecified atom stereocenters. The van der Waals surface area contributed by atoms with Crippen molar-refractivity contribution in [1.82, 2.24) is 5.32 Å². The fourth-order valence-corrected chi connectivity index (χ4v) is 3.88. The number of halogens is 1. The van der Waals surface area contributed by atoms with Crippen molar-refractivity contribution >= 4 is 11.8 Å². The zero-order valence-electron chi connectivity index (χ0n) is 11.4. The van der Waals surface area contributed by atoms with E-state index in [9.17, 15) is 4.39 Å². The van der Waals surface area contributed by atoms with Gasteiger partial charge in [0.15, 0.2) is 0 Å². The Hall–Kier alpha value is -0.540. The van der Waals surface area contributed by atoms with Gasteiger partial charge in [-0.15, -0.1) is 0 Å². The van der Waals surface area contributed by atoms with Crippen molar-refractivity contribution < 1.29 is 4.39 Å². The van der Waals surface area contributed by atoms with E-state index >= 15 is 0 Å². The summed E-state index contributed by atoms with van der Waals surface area (Å²) in [6.07, 6.45) is 1.19. The number of nitrogens with one attached hydrogen (secondary N) is 1. The molecule has 1 fully saturated rings. The molecule has 18 heavy (non-hydrogen) atoms. The van der Waals surface area contributed by atoms with E-state index in [2.05, 4.69) is 26.1 Å². The van der Waals surface area contributed by atoms with Crippen LogP contribution in [0.25, 0.3) is 0 Å². The summed E-state index contributed by atoms with van der Waals surface area (Å²) in [4.78, 5) is 0. The van der Waals surface area contributed by atoms with Gasteiger partial charge in [-0.1, -0.05) is 26.0 Å². The minimum absolute atomic E-state index is 0.153. The van der Waals surface area contributed by atoms with Crippen molar-refractivity contribution in [2.24, 2.45) is 5.41 Å². The van der Waals surface area contributed by atoms with Crippen LogP contribution >= 0.6 is 11.8 Å². The first-order valence-electron chi connectivity index (χ1n) is 6.55. The zero-order chi connectivity index (χ0) is 13.2. The van der Waals surface area contributed by atoms with E-state index < -0.39 is 0 Å².